The molecule has 4 aliphatic rings. The number of likely N-dealkylation sites (N-methyl/N-ethyl adjacent to an activating group) is 1. The number of fused-ring (bicyclic) bond motifs is 8. The van der Waals surface area contributed by atoms with E-state index in [2.05, 4.69) is 11.9 Å². The van der Waals surface area contributed by atoms with Gasteiger partial charge in [0.25, 0.3) is 0 Å². The zero-order chi connectivity index (χ0) is 18.1. The van der Waals surface area contributed by atoms with E-state index in [9.17, 15) is 5.11 Å². The monoisotopic (exact) mass is 369 g/mol. The molecule has 2 aromatic carbocycles. The van der Waals surface area contributed by atoms with E-state index >= 15 is 0 Å². The Kier molecular flexibility index (Phi) is 3.18. The summed E-state index contributed by atoms with van der Waals surface area (Å²) in [5, 5.41) is 10.8. The Balaban J connectivity index is 1.53. The Morgan fingerprint density at radius 1 is 0.963 bits per heavy atom. The Morgan fingerprint density at radius 2 is 1.74 bits per heavy atom. The van der Waals surface area contributed by atoms with Gasteiger partial charge in [-0.1, -0.05) is 6.07 Å². The highest BCUT2D eigenvalue weighted by Crippen LogP contribution is 2.54. The van der Waals surface area contributed by atoms with E-state index in [1.54, 1.807) is 0 Å². The molecular weight excluding hydrogens is 350 g/mol. The average Bonchev–Trinajstić information content (AvgIpc) is 3.30. The van der Waals surface area contributed by atoms with Crippen LogP contribution in [0.5, 0.6) is 23.0 Å². The number of rotatable bonds is 0. The second-order valence-corrected chi connectivity index (χ2v) is 7.29. The van der Waals surface area contributed by atoms with Gasteiger partial charge in [-0.3, -0.25) is 4.90 Å². The highest BCUT2D eigenvalue weighted by Gasteiger charge is 2.44. The van der Waals surface area contributed by atoms with Crippen molar-refractivity contribution in [1.29, 1.82) is 0 Å². The molecule has 0 radical (unpaired) electrons. The van der Waals surface area contributed by atoms with Gasteiger partial charge in [-0.15, -0.1) is 0 Å². The normalized spacial score (nSPS) is 27.6. The van der Waals surface area contributed by atoms with Gasteiger partial charge in [-0.25, -0.2) is 0 Å². The van der Waals surface area contributed by atoms with Crippen molar-refractivity contribution < 1.29 is 28.8 Å². The summed E-state index contributed by atoms with van der Waals surface area (Å²) in [6, 6.07) is 7.92. The fourth-order valence-electron chi connectivity index (χ4n) is 4.60. The van der Waals surface area contributed by atoms with Crippen LogP contribution >= 0.6 is 0 Å². The van der Waals surface area contributed by atoms with Crippen molar-refractivity contribution in [3.8, 4) is 23.0 Å². The van der Waals surface area contributed by atoms with Crippen LogP contribution in [0.2, 0.25) is 0 Å². The first-order valence-electron chi connectivity index (χ1n) is 9.09. The predicted octanol–water partition coefficient (Wildman–Crippen LogP) is 2.44. The maximum absolute atomic E-state index is 10.8. The van der Waals surface area contributed by atoms with Crippen LogP contribution in [0.3, 0.4) is 0 Å². The van der Waals surface area contributed by atoms with Crippen molar-refractivity contribution >= 4 is 0 Å². The van der Waals surface area contributed by atoms with E-state index in [1.807, 2.05) is 24.3 Å². The fraction of sp³-hybridized carbons (Fsp3) is 0.400. The number of hydrogen-bond donors (Lipinski definition) is 1. The van der Waals surface area contributed by atoms with Crippen LogP contribution in [-0.2, 0) is 11.2 Å². The quantitative estimate of drug-likeness (QED) is 0.765. The topological polar surface area (TPSA) is 69.6 Å². The molecule has 0 saturated heterocycles. The van der Waals surface area contributed by atoms with Crippen LogP contribution in [0.15, 0.2) is 24.3 Å². The number of ether oxygens (including phenoxy) is 5. The van der Waals surface area contributed by atoms with Crippen LogP contribution in [-0.4, -0.2) is 37.2 Å². The molecule has 0 bridgehead atoms. The van der Waals surface area contributed by atoms with Gasteiger partial charge in [-0.2, -0.15) is 0 Å². The van der Waals surface area contributed by atoms with Crippen molar-refractivity contribution in [1.82, 2.24) is 4.90 Å². The largest absolute Gasteiger partial charge is 0.454 e. The molecular formula is C20H19NO6. The average molecular weight is 369 g/mol. The molecule has 0 aromatic heterocycles. The summed E-state index contributed by atoms with van der Waals surface area (Å²) < 4.78 is 28.4. The number of hydrogen-bond acceptors (Lipinski definition) is 7. The smallest absolute Gasteiger partial charge is 0.231 e. The molecule has 0 saturated carbocycles. The van der Waals surface area contributed by atoms with E-state index < -0.39 is 6.29 Å². The number of aliphatic hydroxyl groups is 1. The van der Waals surface area contributed by atoms with Gasteiger partial charge in [0.1, 0.15) is 6.10 Å². The Bertz CT molecular complexity index is 945. The predicted molar refractivity (Wildman–Crippen MR) is 93.0 cm³/mol. The molecule has 27 heavy (non-hydrogen) atoms. The Hall–Kier alpha value is -2.48. The number of nitrogens with zero attached hydrogens (tertiary/aromatic N) is 1. The highest BCUT2D eigenvalue weighted by molar-refractivity contribution is 5.56. The van der Waals surface area contributed by atoms with Gasteiger partial charge in [0, 0.05) is 6.54 Å². The number of aliphatic hydroxyl groups excluding tert-OH is 1. The first-order valence-corrected chi connectivity index (χ1v) is 9.09. The maximum Gasteiger partial charge on any atom is 0.231 e. The summed E-state index contributed by atoms with van der Waals surface area (Å²) in [4.78, 5) is 2.27. The minimum absolute atomic E-state index is 0.0421. The van der Waals surface area contributed by atoms with Gasteiger partial charge in [-0.05, 0) is 48.4 Å². The maximum atomic E-state index is 10.8. The molecule has 7 heteroatoms. The molecule has 0 unspecified atom stereocenters. The molecule has 140 valence electrons. The molecule has 0 spiro atoms. The summed E-state index contributed by atoms with van der Waals surface area (Å²) in [6.07, 6.45) is -0.526. The van der Waals surface area contributed by atoms with E-state index in [4.69, 9.17) is 23.7 Å². The fourth-order valence-corrected chi connectivity index (χ4v) is 4.60. The summed E-state index contributed by atoms with van der Waals surface area (Å²) >= 11 is 0. The zero-order valence-electron chi connectivity index (χ0n) is 14.8. The molecule has 3 atom stereocenters. The molecule has 4 heterocycles. The van der Waals surface area contributed by atoms with Gasteiger partial charge in [0.15, 0.2) is 29.3 Å². The van der Waals surface area contributed by atoms with Crippen LogP contribution in [0, 0.1) is 0 Å². The van der Waals surface area contributed by atoms with Crippen LogP contribution in [0.4, 0.5) is 0 Å². The molecule has 1 N–H and O–H groups in total. The van der Waals surface area contributed by atoms with Gasteiger partial charge in [0.2, 0.25) is 13.6 Å². The van der Waals surface area contributed by atoms with E-state index in [0.29, 0.717) is 17.1 Å². The Labute approximate surface area is 156 Å². The lowest BCUT2D eigenvalue weighted by atomic mass is 9.87. The summed E-state index contributed by atoms with van der Waals surface area (Å²) in [6.45, 7) is 1.26. The van der Waals surface area contributed by atoms with E-state index in [-0.39, 0.29) is 25.7 Å². The second-order valence-electron chi connectivity index (χ2n) is 7.29. The Morgan fingerprint density at radius 3 is 2.63 bits per heavy atom. The molecule has 2 aromatic rings. The first kappa shape index (κ1) is 15.6. The lowest BCUT2D eigenvalue weighted by molar-refractivity contribution is -0.174. The standard InChI is InChI=1S/C20H19NO6/c1-21-5-4-10-6-14-15(25-8-24-14)7-12(10)18-17(21)11-2-3-13-19(26-9-23-13)16(11)20(22)27-18/h2-3,6-7,17-18,20,22H,4-5,8-9H2,1H3/t17-,18-,20+/m0/s1. The van der Waals surface area contributed by atoms with Gasteiger partial charge < -0.3 is 28.8 Å². The molecule has 7 nitrogen and oxygen atoms in total. The summed E-state index contributed by atoms with van der Waals surface area (Å²) in [5.41, 5.74) is 3.88. The van der Waals surface area contributed by atoms with Gasteiger partial charge in [0.05, 0.1) is 11.6 Å². The molecule has 6 rings (SSSR count). The number of benzene rings is 2. The lowest BCUT2D eigenvalue weighted by Crippen LogP contribution is -2.35. The summed E-state index contributed by atoms with van der Waals surface area (Å²) in [5.74, 6) is 2.73. The molecule has 0 fully saturated rings. The van der Waals surface area contributed by atoms with Crippen LogP contribution < -0.4 is 18.9 Å². The van der Waals surface area contributed by atoms with Crippen LogP contribution in [0.25, 0.3) is 0 Å². The minimum Gasteiger partial charge on any atom is -0.454 e. The van der Waals surface area contributed by atoms with Crippen LogP contribution in [0.1, 0.15) is 40.7 Å². The van der Waals surface area contributed by atoms with Crippen molar-refractivity contribution in [2.75, 3.05) is 27.2 Å². The molecule has 0 aliphatic carbocycles. The highest BCUT2D eigenvalue weighted by atomic mass is 16.7. The SMILES string of the molecule is CN1CCc2cc3c(cc2[C@@H]2O[C@@H](O)c4c(ccc5c4OCO5)[C@@H]21)OCO3. The van der Waals surface area contributed by atoms with Crippen molar-refractivity contribution in [2.45, 2.75) is 24.9 Å². The first-order chi connectivity index (χ1) is 13.2. The lowest BCUT2D eigenvalue weighted by Gasteiger charge is -2.40. The zero-order valence-corrected chi connectivity index (χ0v) is 14.8. The van der Waals surface area contributed by atoms with Gasteiger partial charge >= 0.3 is 0 Å². The third-order valence-electron chi connectivity index (χ3n) is 5.89. The molecule has 4 aliphatic heterocycles. The minimum atomic E-state index is -1.08. The van der Waals surface area contributed by atoms with Crippen molar-refractivity contribution in [2.24, 2.45) is 0 Å². The summed E-state index contributed by atoms with van der Waals surface area (Å²) in [7, 11) is 2.08. The van der Waals surface area contributed by atoms with E-state index in [1.165, 1.54) is 0 Å². The second kappa shape index (κ2) is 5.51. The van der Waals surface area contributed by atoms with E-state index in [0.717, 1.165) is 41.2 Å². The third-order valence-corrected chi connectivity index (χ3v) is 5.89. The molecule has 0 amide bonds. The third kappa shape index (κ3) is 2.13. The van der Waals surface area contributed by atoms with Crippen molar-refractivity contribution in [3.63, 3.8) is 0 Å². The van der Waals surface area contributed by atoms with Crippen molar-refractivity contribution in [3.05, 3.63) is 46.5 Å².